The second-order valence-corrected chi connectivity index (χ2v) is 7.02. The molecule has 1 amide bonds. The van der Waals surface area contributed by atoms with Gasteiger partial charge in [-0.3, -0.25) is 9.10 Å². The predicted molar refractivity (Wildman–Crippen MR) is 83.5 cm³/mol. The van der Waals surface area contributed by atoms with Gasteiger partial charge in [-0.1, -0.05) is 6.07 Å². The molecule has 0 aliphatic carbocycles. The van der Waals surface area contributed by atoms with Gasteiger partial charge in [-0.2, -0.15) is 0 Å². The minimum Gasteiger partial charge on any atom is -0.320 e. The molecule has 11 heteroatoms. The smallest absolute Gasteiger partial charge is 0.245 e. The van der Waals surface area contributed by atoms with E-state index < -0.39 is 62.9 Å². The molecule has 0 radical (unpaired) electrons. The van der Waals surface area contributed by atoms with Crippen molar-refractivity contribution in [2.45, 2.75) is 0 Å². The standard InChI is InChI=1S/C15H11F5N2O3S/c1-26(24,25)22(11-6-5-8(16)13(19)14(11)20)7-12(23)21-15-9(17)3-2-4-10(15)18/h2-6H,7H2,1H3,(H,21,23). The number of hydrogen-bond donors (Lipinski definition) is 1. The third-order valence-electron chi connectivity index (χ3n) is 3.20. The molecule has 0 fully saturated rings. The Morgan fingerprint density at radius 1 is 0.962 bits per heavy atom. The molecule has 0 aliphatic rings. The first-order valence-corrected chi connectivity index (χ1v) is 8.72. The Morgan fingerprint density at radius 2 is 1.54 bits per heavy atom. The van der Waals surface area contributed by atoms with Crippen molar-refractivity contribution in [1.82, 2.24) is 0 Å². The molecule has 2 aromatic rings. The first-order chi connectivity index (χ1) is 12.0. The lowest BCUT2D eigenvalue weighted by atomic mass is 10.2. The first kappa shape index (κ1) is 19.6. The van der Waals surface area contributed by atoms with Crippen molar-refractivity contribution in [1.29, 1.82) is 0 Å². The number of nitrogens with one attached hydrogen (secondary N) is 1. The van der Waals surface area contributed by atoms with Gasteiger partial charge in [0.1, 0.15) is 23.9 Å². The summed E-state index contributed by atoms with van der Waals surface area (Å²) in [5.74, 6) is -8.80. The zero-order valence-corrected chi connectivity index (χ0v) is 13.9. The van der Waals surface area contributed by atoms with Crippen LogP contribution in [0.5, 0.6) is 0 Å². The van der Waals surface area contributed by atoms with E-state index >= 15 is 0 Å². The van der Waals surface area contributed by atoms with Gasteiger partial charge in [-0.25, -0.2) is 30.4 Å². The predicted octanol–water partition coefficient (Wildman–Crippen LogP) is 2.79. The number of para-hydroxylation sites is 1. The Kier molecular flexibility index (Phi) is 5.50. The molecular formula is C15H11F5N2O3S. The number of anilines is 2. The fourth-order valence-corrected chi connectivity index (χ4v) is 2.87. The number of carbonyl (C=O) groups excluding carboxylic acids is 1. The van der Waals surface area contributed by atoms with Crippen molar-refractivity contribution in [2.75, 3.05) is 22.4 Å². The fraction of sp³-hybridized carbons (Fsp3) is 0.133. The molecule has 26 heavy (non-hydrogen) atoms. The molecule has 0 saturated carbocycles. The van der Waals surface area contributed by atoms with E-state index in [0.29, 0.717) is 18.4 Å². The summed E-state index contributed by atoms with van der Waals surface area (Å²) in [6.07, 6.45) is 0.588. The van der Waals surface area contributed by atoms with Crippen LogP contribution in [-0.4, -0.2) is 27.1 Å². The number of halogens is 5. The van der Waals surface area contributed by atoms with Crippen molar-refractivity contribution >= 4 is 27.3 Å². The minimum absolute atomic E-state index is 0.138. The maximum atomic E-state index is 13.9. The van der Waals surface area contributed by atoms with E-state index in [1.54, 1.807) is 0 Å². The van der Waals surface area contributed by atoms with Crippen LogP contribution in [0.3, 0.4) is 0 Å². The van der Waals surface area contributed by atoms with Crippen molar-refractivity contribution in [3.05, 3.63) is 59.4 Å². The lowest BCUT2D eigenvalue weighted by Crippen LogP contribution is -2.38. The molecule has 1 N–H and O–H groups in total. The quantitative estimate of drug-likeness (QED) is 0.627. The molecule has 0 aliphatic heterocycles. The Bertz CT molecular complexity index is 946. The average Bonchev–Trinajstić information content (AvgIpc) is 2.54. The monoisotopic (exact) mass is 394 g/mol. The molecule has 0 unspecified atom stereocenters. The number of nitrogens with zero attached hydrogens (tertiary/aromatic N) is 1. The topological polar surface area (TPSA) is 66.5 Å². The van der Waals surface area contributed by atoms with Gasteiger partial charge in [0.05, 0.1) is 11.9 Å². The lowest BCUT2D eigenvalue weighted by molar-refractivity contribution is -0.114. The molecule has 0 aromatic heterocycles. The molecule has 0 heterocycles. The second-order valence-electron chi connectivity index (χ2n) is 5.11. The number of rotatable bonds is 5. The Morgan fingerprint density at radius 3 is 2.08 bits per heavy atom. The van der Waals surface area contributed by atoms with Crippen LogP contribution in [-0.2, 0) is 14.8 Å². The van der Waals surface area contributed by atoms with Gasteiger partial charge in [0.25, 0.3) is 0 Å². The third kappa shape index (κ3) is 4.10. The maximum absolute atomic E-state index is 13.9. The summed E-state index contributed by atoms with van der Waals surface area (Å²) in [6, 6.07) is 3.83. The van der Waals surface area contributed by atoms with E-state index in [4.69, 9.17) is 0 Å². The Hall–Kier alpha value is -2.69. The Balaban J connectivity index is 2.36. The highest BCUT2D eigenvalue weighted by Crippen LogP contribution is 2.26. The number of amides is 1. The lowest BCUT2D eigenvalue weighted by Gasteiger charge is -2.22. The van der Waals surface area contributed by atoms with Crippen LogP contribution in [0.2, 0.25) is 0 Å². The summed E-state index contributed by atoms with van der Waals surface area (Å²) < 4.78 is 91.1. The van der Waals surface area contributed by atoms with Crippen LogP contribution in [0.4, 0.5) is 33.3 Å². The number of hydrogen-bond acceptors (Lipinski definition) is 3. The molecule has 5 nitrogen and oxygen atoms in total. The summed E-state index contributed by atoms with van der Waals surface area (Å²) in [7, 11) is -4.32. The van der Waals surface area contributed by atoms with E-state index in [1.807, 2.05) is 5.32 Å². The normalized spacial score (nSPS) is 11.3. The SMILES string of the molecule is CS(=O)(=O)N(CC(=O)Nc1c(F)cccc1F)c1ccc(F)c(F)c1F. The van der Waals surface area contributed by atoms with E-state index in [0.717, 1.165) is 18.2 Å². The molecule has 2 aromatic carbocycles. The van der Waals surface area contributed by atoms with E-state index in [1.165, 1.54) is 0 Å². The van der Waals surface area contributed by atoms with Crippen LogP contribution in [0, 0.1) is 29.1 Å². The molecule has 140 valence electrons. The van der Waals surface area contributed by atoms with Crippen molar-refractivity contribution in [2.24, 2.45) is 0 Å². The summed E-state index contributed by atoms with van der Waals surface area (Å²) in [6.45, 7) is -1.13. The highest BCUT2D eigenvalue weighted by Gasteiger charge is 2.27. The van der Waals surface area contributed by atoms with Crippen LogP contribution >= 0.6 is 0 Å². The summed E-state index contributed by atoms with van der Waals surface area (Å²) in [5.41, 5.74) is -1.77. The molecule has 0 spiro atoms. The van der Waals surface area contributed by atoms with Crippen molar-refractivity contribution in [3.63, 3.8) is 0 Å². The minimum atomic E-state index is -4.32. The third-order valence-corrected chi connectivity index (χ3v) is 4.32. The van der Waals surface area contributed by atoms with E-state index in [9.17, 15) is 35.2 Å². The second kappa shape index (κ2) is 7.28. The molecular weight excluding hydrogens is 383 g/mol. The van der Waals surface area contributed by atoms with Crippen LogP contribution < -0.4 is 9.62 Å². The molecule has 0 saturated heterocycles. The van der Waals surface area contributed by atoms with Crippen LogP contribution in [0.1, 0.15) is 0 Å². The number of benzene rings is 2. The first-order valence-electron chi connectivity index (χ1n) is 6.87. The van der Waals surface area contributed by atoms with E-state index in [-0.39, 0.29) is 4.31 Å². The van der Waals surface area contributed by atoms with Crippen LogP contribution in [0.15, 0.2) is 30.3 Å². The summed E-state index contributed by atoms with van der Waals surface area (Å²) in [5, 5.41) is 1.81. The van der Waals surface area contributed by atoms with Gasteiger partial charge >= 0.3 is 0 Å². The van der Waals surface area contributed by atoms with Gasteiger partial charge in [0.15, 0.2) is 17.5 Å². The zero-order valence-electron chi connectivity index (χ0n) is 13.1. The van der Waals surface area contributed by atoms with Gasteiger partial charge < -0.3 is 5.32 Å². The fourth-order valence-electron chi connectivity index (χ4n) is 2.02. The average molecular weight is 394 g/mol. The van der Waals surface area contributed by atoms with Gasteiger partial charge in [-0.05, 0) is 24.3 Å². The molecule has 2 rings (SSSR count). The maximum Gasteiger partial charge on any atom is 0.245 e. The molecule has 0 atom stereocenters. The van der Waals surface area contributed by atoms with Crippen molar-refractivity contribution < 1.29 is 35.2 Å². The molecule has 0 bridgehead atoms. The zero-order chi connectivity index (χ0) is 19.6. The Labute approximate surface area is 145 Å². The van der Waals surface area contributed by atoms with Gasteiger partial charge in [0, 0.05) is 0 Å². The highest BCUT2D eigenvalue weighted by molar-refractivity contribution is 7.92. The van der Waals surface area contributed by atoms with E-state index in [2.05, 4.69) is 0 Å². The van der Waals surface area contributed by atoms with Crippen LogP contribution in [0.25, 0.3) is 0 Å². The highest BCUT2D eigenvalue weighted by atomic mass is 32.2. The van der Waals surface area contributed by atoms with Crippen molar-refractivity contribution in [3.8, 4) is 0 Å². The summed E-state index contributed by atoms with van der Waals surface area (Å²) in [4.78, 5) is 12.0. The van der Waals surface area contributed by atoms with Gasteiger partial charge in [-0.15, -0.1) is 0 Å². The number of carbonyl (C=O) groups is 1. The van der Waals surface area contributed by atoms with Gasteiger partial charge in [0.2, 0.25) is 15.9 Å². The summed E-state index contributed by atoms with van der Waals surface area (Å²) >= 11 is 0. The largest absolute Gasteiger partial charge is 0.320 e. The number of sulfonamides is 1.